The van der Waals surface area contributed by atoms with Gasteiger partial charge in [0, 0.05) is 23.7 Å². The minimum absolute atomic E-state index is 0.0304. The van der Waals surface area contributed by atoms with Gasteiger partial charge in [-0.15, -0.1) is 0 Å². The molecule has 0 unspecified atom stereocenters. The molecular formula is C17H24ClN4O2+. The molecule has 130 valence electrons. The predicted octanol–water partition coefficient (Wildman–Crippen LogP) is 0.375. The van der Waals surface area contributed by atoms with Crippen LogP contribution in [0.4, 0.5) is 10.5 Å². The molecule has 0 aromatic heterocycles. The fourth-order valence-corrected chi connectivity index (χ4v) is 3.45. The molecule has 2 aliphatic heterocycles. The highest BCUT2D eigenvalue weighted by Gasteiger charge is 2.33. The zero-order valence-corrected chi connectivity index (χ0v) is 14.7. The molecule has 1 atom stereocenters. The van der Waals surface area contributed by atoms with Crippen molar-refractivity contribution in [3.8, 4) is 0 Å². The number of quaternary nitrogens is 1. The van der Waals surface area contributed by atoms with Gasteiger partial charge in [-0.25, -0.2) is 4.79 Å². The van der Waals surface area contributed by atoms with Crippen LogP contribution in [0, 0.1) is 0 Å². The van der Waals surface area contributed by atoms with Gasteiger partial charge in [0.1, 0.15) is 0 Å². The number of piperazine rings is 1. The molecule has 24 heavy (non-hydrogen) atoms. The van der Waals surface area contributed by atoms with Crippen molar-refractivity contribution >= 4 is 29.2 Å². The number of halogens is 1. The number of likely N-dealkylation sites (N-methyl/N-ethyl adjacent to an activating group) is 1. The molecule has 2 N–H and O–H groups in total. The number of hydrogen-bond acceptors (Lipinski definition) is 2. The number of carbonyl (C=O) groups is 2. The molecule has 0 radical (unpaired) electrons. The number of nitrogens with one attached hydrogen (secondary N) is 2. The summed E-state index contributed by atoms with van der Waals surface area (Å²) >= 11 is 5.89. The lowest BCUT2D eigenvalue weighted by molar-refractivity contribution is -0.902. The summed E-state index contributed by atoms with van der Waals surface area (Å²) in [7, 11) is 0. The lowest BCUT2D eigenvalue weighted by Crippen LogP contribution is -3.14. The lowest BCUT2D eigenvalue weighted by Gasteiger charge is -2.32. The van der Waals surface area contributed by atoms with Gasteiger partial charge in [0.2, 0.25) is 5.91 Å². The van der Waals surface area contributed by atoms with Crippen LogP contribution in [0.3, 0.4) is 0 Å². The van der Waals surface area contributed by atoms with Crippen LogP contribution < -0.4 is 15.1 Å². The topological polar surface area (TPSA) is 57.1 Å². The molecule has 7 heteroatoms. The van der Waals surface area contributed by atoms with Crippen LogP contribution in [0.1, 0.15) is 13.3 Å². The van der Waals surface area contributed by atoms with Crippen molar-refractivity contribution in [2.24, 2.45) is 0 Å². The zero-order chi connectivity index (χ0) is 17.1. The average Bonchev–Trinajstić information content (AvgIpc) is 2.96. The minimum Gasteiger partial charge on any atom is -0.333 e. The van der Waals surface area contributed by atoms with Crippen molar-refractivity contribution in [3.63, 3.8) is 0 Å². The van der Waals surface area contributed by atoms with Gasteiger partial charge in [-0.2, -0.15) is 0 Å². The number of anilines is 1. The SMILES string of the molecule is CC[NH+]1CCN(C(=O)N[C@@H]2CC(=O)N(c3ccc(Cl)cc3)C2)CC1. The van der Waals surface area contributed by atoms with E-state index in [4.69, 9.17) is 11.6 Å². The average molecular weight is 352 g/mol. The van der Waals surface area contributed by atoms with Crippen LogP contribution in [-0.2, 0) is 4.79 Å². The highest BCUT2D eigenvalue weighted by Crippen LogP contribution is 2.23. The summed E-state index contributed by atoms with van der Waals surface area (Å²) in [6, 6.07) is 7.00. The van der Waals surface area contributed by atoms with Gasteiger partial charge in [-0.05, 0) is 31.2 Å². The molecule has 0 bridgehead atoms. The minimum atomic E-state index is -0.141. The first kappa shape index (κ1) is 17.0. The molecule has 2 heterocycles. The zero-order valence-electron chi connectivity index (χ0n) is 13.9. The van der Waals surface area contributed by atoms with Gasteiger partial charge in [0.25, 0.3) is 0 Å². The number of rotatable bonds is 3. The maximum absolute atomic E-state index is 12.4. The van der Waals surface area contributed by atoms with Gasteiger partial charge in [-0.1, -0.05) is 11.6 Å². The largest absolute Gasteiger partial charge is 0.333 e. The smallest absolute Gasteiger partial charge is 0.318 e. The second-order valence-electron chi connectivity index (χ2n) is 6.42. The predicted molar refractivity (Wildman–Crippen MR) is 93.6 cm³/mol. The second kappa shape index (κ2) is 7.40. The quantitative estimate of drug-likeness (QED) is 0.827. The summed E-state index contributed by atoms with van der Waals surface area (Å²) in [6.07, 6.45) is 0.342. The molecule has 0 spiro atoms. The number of urea groups is 1. The first-order chi connectivity index (χ1) is 11.6. The van der Waals surface area contributed by atoms with Crippen LogP contribution in [0.5, 0.6) is 0 Å². The summed E-state index contributed by atoms with van der Waals surface area (Å²) in [5, 5.41) is 3.65. The summed E-state index contributed by atoms with van der Waals surface area (Å²) in [5.41, 5.74) is 0.821. The van der Waals surface area contributed by atoms with E-state index >= 15 is 0 Å². The van der Waals surface area contributed by atoms with Crippen LogP contribution in [-0.4, -0.2) is 62.1 Å². The number of hydrogen-bond donors (Lipinski definition) is 2. The molecule has 1 aromatic carbocycles. The third kappa shape index (κ3) is 3.82. The van der Waals surface area contributed by atoms with Gasteiger partial charge in [0.15, 0.2) is 0 Å². The maximum atomic E-state index is 12.4. The summed E-state index contributed by atoms with van der Waals surface area (Å²) in [6.45, 7) is 7.30. The van der Waals surface area contributed by atoms with E-state index < -0.39 is 0 Å². The van der Waals surface area contributed by atoms with Gasteiger partial charge >= 0.3 is 6.03 Å². The van der Waals surface area contributed by atoms with Crippen LogP contribution in [0.15, 0.2) is 24.3 Å². The Morgan fingerprint density at radius 2 is 1.96 bits per heavy atom. The molecule has 3 amide bonds. The number of amides is 3. The summed E-state index contributed by atoms with van der Waals surface area (Å²) in [4.78, 5) is 29.7. The van der Waals surface area contributed by atoms with Crippen LogP contribution in [0.25, 0.3) is 0 Å². The van der Waals surface area contributed by atoms with Crippen LogP contribution >= 0.6 is 11.6 Å². The molecule has 3 rings (SSSR count). The Labute approximate surface area is 147 Å². The van der Waals surface area contributed by atoms with Gasteiger partial charge in [0.05, 0.1) is 38.8 Å². The lowest BCUT2D eigenvalue weighted by atomic mass is 10.2. The highest BCUT2D eigenvalue weighted by atomic mass is 35.5. The van der Waals surface area contributed by atoms with Crippen molar-refractivity contribution in [2.45, 2.75) is 19.4 Å². The Morgan fingerprint density at radius 3 is 2.58 bits per heavy atom. The first-order valence-electron chi connectivity index (χ1n) is 8.51. The third-order valence-corrected chi connectivity index (χ3v) is 5.10. The molecule has 0 saturated carbocycles. The van der Waals surface area contributed by atoms with E-state index in [1.54, 1.807) is 17.0 Å². The Morgan fingerprint density at radius 1 is 1.29 bits per heavy atom. The van der Waals surface area contributed by atoms with Gasteiger partial charge < -0.3 is 20.0 Å². The molecule has 2 aliphatic rings. The second-order valence-corrected chi connectivity index (χ2v) is 6.86. The molecule has 2 fully saturated rings. The first-order valence-corrected chi connectivity index (χ1v) is 8.89. The summed E-state index contributed by atoms with van der Waals surface area (Å²) in [5.74, 6) is 0.0304. The van der Waals surface area contributed by atoms with Crippen molar-refractivity contribution < 1.29 is 14.5 Å². The van der Waals surface area contributed by atoms with Crippen LogP contribution in [0.2, 0.25) is 5.02 Å². The Bertz CT molecular complexity index is 599. The van der Waals surface area contributed by atoms with E-state index in [9.17, 15) is 9.59 Å². The van der Waals surface area contributed by atoms with E-state index in [1.807, 2.05) is 17.0 Å². The Balaban J connectivity index is 1.54. The third-order valence-electron chi connectivity index (χ3n) is 4.85. The van der Waals surface area contributed by atoms with E-state index in [1.165, 1.54) is 4.90 Å². The van der Waals surface area contributed by atoms with Crippen molar-refractivity contribution in [3.05, 3.63) is 29.3 Å². The van der Waals surface area contributed by atoms with Crippen molar-refractivity contribution in [2.75, 3.05) is 44.2 Å². The molecule has 0 aliphatic carbocycles. The molecule has 1 aromatic rings. The Hall–Kier alpha value is -1.79. The number of carbonyl (C=O) groups excluding carboxylic acids is 2. The van der Waals surface area contributed by atoms with Gasteiger partial charge in [-0.3, -0.25) is 4.79 Å². The number of nitrogens with zero attached hydrogens (tertiary/aromatic N) is 2. The highest BCUT2D eigenvalue weighted by molar-refractivity contribution is 6.30. The van der Waals surface area contributed by atoms with E-state index in [2.05, 4.69) is 12.2 Å². The maximum Gasteiger partial charge on any atom is 0.318 e. The normalized spacial score (nSPS) is 22.1. The molecular weight excluding hydrogens is 328 g/mol. The monoisotopic (exact) mass is 351 g/mol. The van der Waals surface area contributed by atoms with Crippen molar-refractivity contribution in [1.82, 2.24) is 10.2 Å². The Kier molecular flexibility index (Phi) is 5.26. The van der Waals surface area contributed by atoms with E-state index in [-0.39, 0.29) is 18.0 Å². The number of benzene rings is 1. The molecule has 2 saturated heterocycles. The van der Waals surface area contributed by atoms with E-state index in [0.29, 0.717) is 18.0 Å². The standard InChI is InChI=1S/C17H23ClN4O2/c1-2-20-7-9-21(10-8-20)17(24)19-14-11-16(23)22(12-14)15-5-3-13(18)4-6-15/h3-6,14H,2,7-12H2,1H3,(H,19,24)/p+1/t14-/m1/s1. The van der Waals surface area contributed by atoms with E-state index in [0.717, 1.165) is 38.4 Å². The molecule has 6 nitrogen and oxygen atoms in total. The van der Waals surface area contributed by atoms with Crippen molar-refractivity contribution in [1.29, 1.82) is 0 Å². The summed E-state index contributed by atoms with van der Waals surface area (Å²) < 4.78 is 0. The fourth-order valence-electron chi connectivity index (χ4n) is 3.32. The fraction of sp³-hybridized carbons (Fsp3) is 0.529.